The zero-order valence-corrected chi connectivity index (χ0v) is 13.4. The molecule has 104 valence electrons. The number of rotatable bonds is 3. The Kier molecular flexibility index (Phi) is 4.29. The van der Waals surface area contributed by atoms with Crippen molar-refractivity contribution in [2.75, 3.05) is 0 Å². The van der Waals surface area contributed by atoms with E-state index in [1.54, 1.807) is 12.1 Å². The minimum atomic E-state index is -0.144. The molecule has 1 N–H and O–H groups in total. The van der Waals surface area contributed by atoms with E-state index in [1.807, 2.05) is 45.0 Å². The molecular formula is C17H17BrO2. The summed E-state index contributed by atoms with van der Waals surface area (Å²) in [5, 5.41) is 10.5. The summed E-state index contributed by atoms with van der Waals surface area (Å²) in [6.45, 7) is 5.82. The Hall–Kier alpha value is -1.61. The highest BCUT2D eigenvalue weighted by Gasteiger charge is 2.22. The van der Waals surface area contributed by atoms with E-state index in [9.17, 15) is 9.90 Å². The van der Waals surface area contributed by atoms with E-state index in [0.717, 1.165) is 15.6 Å². The van der Waals surface area contributed by atoms with Gasteiger partial charge in [-0.3, -0.25) is 4.79 Å². The Labute approximate surface area is 127 Å². The molecule has 0 aliphatic carbocycles. The van der Waals surface area contributed by atoms with Crippen LogP contribution in [0.25, 0.3) is 0 Å². The lowest BCUT2D eigenvalue weighted by Crippen LogP contribution is -2.07. The van der Waals surface area contributed by atoms with Crippen molar-refractivity contribution in [2.24, 2.45) is 0 Å². The Balaban J connectivity index is 2.63. The summed E-state index contributed by atoms with van der Waals surface area (Å²) >= 11 is 3.47. The first-order chi connectivity index (χ1) is 9.43. The van der Waals surface area contributed by atoms with Gasteiger partial charge in [-0.2, -0.15) is 0 Å². The minimum absolute atomic E-state index is 0.0840. The van der Waals surface area contributed by atoms with Gasteiger partial charge >= 0.3 is 0 Å². The first kappa shape index (κ1) is 14.8. The Morgan fingerprint density at radius 1 is 1.20 bits per heavy atom. The molecule has 2 aromatic carbocycles. The number of hydrogen-bond donors (Lipinski definition) is 1. The monoisotopic (exact) mass is 332 g/mol. The molecule has 0 saturated heterocycles. The van der Waals surface area contributed by atoms with Crippen LogP contribution in [-0.4, -0.2) is 10.9 Å². The standard InChI is InChI=1S/C17H17BrO2/c1-10(2)14-13(18)9-11(3)15(17(14)20)16(19)12-7-5-4-6-8-12/h4-10,20H,1-3H3. The van der Waals surface area contributed by atoms with Crippen molar-refractivity contribution in [2.45, 2.75) is 26.7 Å². The minimum Gasteiger partial charge on any atom is -0.507 e. The number of carbonyl (C=O) groups excluding carboxylic acids is 1. The average Bonchev–Trinajstić information content (AvgIpc) is 2.38. The molecule has 2 rings (SSSR count). The maximum atomic E-state index is 12.6. The zero-order chi connectivity index (χ0) is 14.9. The summed E-state index contributed by atoms with van der Waals surface area (Å²) in [4.78, 5) is 12.6. The fraction of sp³-hybridized carbons (Fsp3) is 0.235. The SMILES string of the molecule is Cc1cc(Br)c(C(C)C)c(O)c1C(=O)c1ccccc1. The van der Waals surface area contributed by atoms with Crippen LogP contribution in [0.2, 0.25) is 0 Å². The highest BCUT2D eigenvalue weighted by molar-refractivity contribution is 9.10. The molecule has 0 aliphatic rings. The number of ketones is 1. The Bertz CT molecular complexity index is 646. The van der Waals surface area contributed by atoms with Crippen LogP contribution in [0, 0.1) is 6.92 Å². The molecule has 0 atom stereocenters. The van der Waals surface area contributed by atoms with Crippen LogP contribution in [0.1, 0.15) is 46.8 Å². The van der Waals surface area contributed by atoms with Gasteiger partial charge in [-0.05, 0) is 24.5 Å². The molecule has 0 saturated carbocycles. The van der Waals surface area contributed by atoms with Gasteiger partial charge in [0.25, 0.3) is 0 Å². The molecular weight excluding hydrogens is 316 g/mol. The Morgan fingerprint density at radius 2 is 1.80 bits per heavy atom. The molecule has 3 heteroatoms. The molecule has 0 aromatic heterocycles. The first-order valence-corrected chi connectivity index (χ1v) is 7.34. The van der Waals surface area contributed by atoms with Crippen molar-refractivity contribution in [1.82, 2.24) is 0 Å². The van der Waals surface area contributed by atoms with E-state index in [-0.39, 0.29) is 17.5 Å². The second-order valence-electron chi connectivity index (χ2n) is 5.16. The molecule has 0 aliphatic heterocycles. The Morgan fingerprint density at radius 3 is 2.35 bits per heavy atom. The molecule has 20 heavy (non-hydrogen) atoms. The van der Waals surface area contributed by atoms with E-state index in [0.29, 0.717) is 11.1 Å². The third-order valence-corrected chi connectivity index (χ3v) is 3.98. The van der Waals surface area contributed by atoms with E-state index in [1.165, 1.54) is 0 Å². The van der Waals surface area contributed by atoms with Gasteiger partial charge < -0.3 is 5.11 Å². The smallest absolute Gasteiger partial charge is 0.197 e. The van der Waals surface area contributed by atoms with Crippen molar-refractivity contribution in [3.63, 3.8) is 0 Å². The number of benzene rings is 2. The fourth-order valence-corrected chi connectivity index (χ4v) is 3.33. The lowest BCUT2D eigenvalue weighted by atomic mass is 9.92. The third kappa shape index (κ3) is 2.63. The second kappa shape index (κ2) is 5.80. The van der Waals surface area contributed by atoms with Crippen LogP contribution < -0.4 is 0 Å². The van der Waals surface area contributed by atoms with Crippen molar-refractivity contribution in [3.8, 4) is 5.75 Å². The van der Waals surface area contributed by atoms with Crippen LogP contribution in [0.5, 0.6) is 5.75 Å². The van der Waals surface area contributed by atoms with E-state index < -0.39 is 0 Å². The highest BCUT2D eigenvalue weighted by atomic mass is 79.9. The number of phenolic OH excluding ortho intramolecular Hbond substituents is 1. The summed E-state index contributed by atoms with van der Waals surface area (Å²) in [7, 11) is 0. The van der Waals surface area contributed by atoms with E-state index >= 15 is 0 Å². The first-order valence-electron chi connectivity index (χ1n) is 6.55. The number of phenols is 1. The van der Waals surface area contributed by atoms with Crippen molar-refractivity contribution in [1.29, 1.82) is 0 Å². The van der Waals surface area contributed by atoms with Gasteiger partial charge in [0.1, 0.15) is 5.75 Å². The fourth-order valence-electron chi connectivity index (χ4n) is 2.34. The van der Waals surface area contributed by atoms with Crippen LogP contribution in [0.4, 0.5) is 0 Å². The largest absolute Gasteiger partial charge is 0.507 e. The summed E-state index contributed by atoms with van der Waals surface area (Å²) in [6.07, 6.45) is 0. The number of carbonyl (C=O) groups is 1. The molecule has 0 unspecified atom stereocenters. The van der Waals surface area contributed by atoms with Crippen molar-refractivity contribution >= 4 is 21.7 Å². The number of hydrogen-bond acceptors (Lipinski definition) is 2. The van der Waals surface area contributed by atoms with Crippen LogP contribution in [-0.2, 0) is 0 Å². The summed E-state index contributed by atoms with van der Waals surface area (Å²) < 4.78 is 0.840. The quantitative estimate of drug-likeness (QED) is 0.818. The van der Waals surface area contributed by atoms with Gasteiger partial charge in [-0.25, -0.2) is 0 Å². The lowest BCUT2D eigenvalue weighted by Gasteiger charge is -2.16. The van der Waals surface area contributed by atoms with Gasteiger partial charge in [0.05, 0.1) is 5.56 Å². The van der Waals surface area contributed by atoms with Crippen molar-refractivity contribution in [3.05, 3.63) is 63.1 Å². The molecule has 0 radical (unpaired) electrons. The van der Waals surface area contributed by atoms with Gasteiger partial charge in [-0.1, -0.05) is 60.1 Å². The zero-order valence-electron chi connectivity index (χ0n) is 11.8. The topological polar surface area (TPSA) is 37.3 Å². The normalized spacial score (nSPS) is 10.8. The molecule has 0 amide bonds. The molecule has 0 fully saturated rings. The predicted molar refractivity (Wildman–Crippen MR) is 84.5 cm³/mol. The molecule has 0 spiro atoms. The van der Waals surface area contributed by atoms with Gasteiger partial charge in [0.15, 0.2) is 5.78 Å². The van der Waals surface area contributed by atoms with Crippen LogP contribution >= 0.6 is 15.9 Å². The van der Waals surface area contributed by atoms with Crippen LogP contribution in [0.3, 0.4) is 0 Å². The predicted octanol–water partition coefficient (Wildman–Crippen LogP) is 4.82. The lowest BCUT2D eigenvalue weighted by molar-refractivity contribution is 0.103. The maximum Gasteiger partial charge on any atom is 0.197 e. The van der Waals surface area contributed by atoms with E-state index in [4.69, 9.17) is 0 Å². The number of aryl methyl sites for hydroxylation is 1. The molecule has 0 bridgehead atoms. The van der Waals surface area contributed by atoms with Gasteiger partial charge in [0.2, 0.25) is 0 Å². The van der Waals surface area contributed by atoms with Gasteiger partial charge in [-0.15, -0.1) is 0 Å². The summed E-state index contributed by atoms with van der Waals surface area (Å²) in [5.41, 5.74) is 2.52. The highest BCUT2D eigenvalue weighted by Crippen LogP contribution is 2.38. The number of halogens is 1. The van der Waals surface area contributed by atoms with Gasteiger partial charge in [0, 0.05) is 15.6 Å². The molecule has 2 nitrogen and oxygen atoms in total. The average molecular weight is 333 g/mol. The third-order valence-electron chi connectivity index (χ3n) is 3.33. The van der Waals surface area contributed by atoms with E-state index in [2.05, 4.69) is 15.9 Å². The maximum absolute atomic E-state index is 12.6. The number of aromatic hydroxyl groups is 1. The molecule has 2 aromatic rings. The van der Waals surface area contributed by atoms with Crippen molar-refractivity contribution < 1.29 is 9.90 Å². The second-order valence-corrected chi connectivity index (χ2v) is 6.02. The summed E-state index contributed by atoms with van der Waals surface area (Å²) in [6, 6.07) is 10.9. The van der Waals surface area contributed by atoms with Crippen LogP contribution in [0.15, 0.2) is 40.9 Å². The summed E-state index contributed by atoms with van der Waals surface area (Å²) in [5.74, 6) is 0.0722. The molecule has 0 heterocycles.